The highest BCUT2D eigenvalue weighted by Crippen LogP contribution is 2.30. The Morgan fingerprint density at radius 3 is 2.56 bits per heavy atom. The molecule has 1 rings (SSSR count). The van der Waals surface area contributed by atoms with Crippen LogP contribution in [-0.2, 0) is 10.0 Å². The Bertz CT molecular complexity index is 303. The maximum absolute atomic E-state index is 11.7. The van der Waals surface area contributed by atoms with E-state index in [9.17, 15) is 8.42 Å². The fourth-order valence-electron chi connectivity index (χ4n) is 1.92. The normalized spacial score (nSPS) is 26.5. The molecule has 0 aromatic carbocycles. The van der Waals surface area contributed by atoms with Gasteiger partial charge in [-0.15, -0.1) is 0 Å². The zero-order valence-electron chi connectivity index (χ0n) is 10.1. The van der Waals surface area contributed by atoms with E-state index in [1.54, 1.807) is 0 Å². The van der Waals surface area contributed by atoms with Gasteiger partial charge in [0.1, 0.15) is 0 Å². The molecular weight excluding hydrogens is 290 g/mol. The van der Waals surface area contributed by atoms with E-state index in [2.05, 4.69) is 20.7 Å². The van der Waals surface area contributed by atoms with E-state index in [1.807, 2.05) is 13.8 Å². The number of nitrogens with one attached hydrogen (secondary N) is 1. The summed E-state index contributed by atoms with van der Waals surface area (Å²) in [7, 11) is -3.06. The van der Waals surface area contributed by atoms with Crippen molar-refractivity contribution in [3.05, 3.63) is 0 Å². The second-order valence-electron chi connectivity index (χ2n) is 5.06. The van der Waals surface area contributed by atoms with Crippen molar-refractivity contribution in [1.29, 1.82) is 0 Å². The minimum atomic E-state index is -3.06. The van der Waals surface area contributed by atoms with Crippen LogP contribution in [0.25, 0.3) is 0 Å². The number of rotatable bonds is 6. The van der Waals surface area contributed by atoms with Crippen molar-refractivity contribution in [3.63, 3.8) is 0 Å². The van der Waals surface area contributed by atoms with Crippen molar-refractivity contribution < 1.29 is 8.42 Å². The maximum Gasteiger partial charge on any atom is 0.211 e. The molecule has 0 radical (unpaired) electrons. The average molecular weight is 312 g/mol. The van der Waals surface area contributed by atoms with Crippen LogP contribution in [-0.4, -0.2) is 25.5 Å². The van der Waals surface area contributed by atoms with E-state index in [0.717, 1.165) is 12.8 Å². The van der Waals surface area contributed by atoms with Crippen molar-refractivity contribution in [3.8, 4) is 0 Å². The third kappa shape index (κ3) is 5.15. The molecule has 1 aliphatic rings. The molecule has 5 heteroatoms. The molecule has 1 fully saturated rings. The minimum absolute atomic E-state index is 0.254. The topological polar surface area (TPSA) is 46.2 Å². The van der Waals surface area contributed by atoms with Crippen molar-refractivity contribution >= 4 is 26.0 Å². The lowest BCUT2D eigenvalue weighted by molar-refractivity contribution is 0.523. The third-order valence-electron chi connectivity index (χ3n) is 3.10. The zero-order chi connectivity index (χ0) is 12.2. The van der Waals surface area contributed by atoms with E-state index < -0.39 is 10.0 Å². The van der Waals surface area contributed by atoms with E-state index in [-0.39, 0.29) is 5.75 Å². The van der Waals surface area contributed by atoms with Crippen molar-refractivity contribution in [2.75, 3.05) is 12.3 Å². The fourth-order valence-corrected chi connectivity index (χ4v) is 4.09. The van der Waals surface area contributed by atoms with Crippen LogP contribution >= 0.6 is 15.9 Å². The molecule has 0 bridgehead atoms. The summed E-state index contributed by atoms with van der Waals surface area (Å²) >= 11 is 3.60. The van der Waals surface area contributed by atoms with Crippen LogP contribution in [0.5, 0.6) is 0 Å². The molecule has 1 saturated carbocycles. The Kier molecular flexibility index (Phi) is 5.74. The van der Waals surface area contributed by atoms with Crippen LogP contribution in [0.3, 0.4) is 0 Å². The lowest BCUT2D eigenvalue weighted by Crippen LogP contribution is -2.33. The van der Waals surface area contributed by atoms with E-state index in [1.165, 1.54) is 12.8 Å². The summed E-state index contributed by atoms with van der Waals surface area (Å²) in [5.41, 5.74) is 0. The average Bonchev–Trinajstić information content (AvgIpc) is 2.59. The summed E-state index contributed by atoms with van der Waals surface area (Å²) in [6.07, 6.45) is 4.23. The molecule has 0 aromatic heterocycles. The Balaban J connectivity index is 2.30. The number of alkyl halides is 1. The van der Waals surface area contributed by atoms with Crippen LogP contribution in [0.1, 0.15) is 39.5 Å². The van der Waals surface area contributed by atoms with Gasteiger partial charge < -0.3 is 0 Å². The number of hydrogen-bond donors (Lipinski definition) is 1. The first-order valence-corrected chi connectivity index (χ1v) is 8.59. The van der Waals surface area contributed by atoms with Gasteiger partial charge in [-0.05, 0) is 31.1 Å². The van der Waals surface area contributed by atoms with Crippen LogP contribution in [0.15, 0.2) is 0 Å². The number of sulfonamides is 1. The second-order valence-corrected chi connectivity index (χ2v) is 8.16. The lowest BCUT2D eigenvalue weighted by Gasteiger charge is -2.15. The summed E-state index contributed by atoms with van der Waals surface area (Å²) in [4.78, 5) is 0.486. The summed E-state index contributed by atoms with van der Waals surface area (Å²) in [5.74, 6) is 1.16. The molecule has 2 atom stereocenters. The summed E-state index contributed by atoms with van der Waals surface area (Å²) in [6, 6.07) is 0. The Hall–Kier alpha value is 0.390. The fraction of sp³-hybridized carbons (Fsp3) is 1.00. The summed E-state index contributed by atoms with van der Waals surface area (Å²) in [5, 5.41) is 0. The van der Waals surface area contributed by atoms with E-state index >= 15 is 0 Å². The monoisotopic (exact) mass is 311 g/mol. The van der Waals surface area contributed by atoms with Gasteiger partial charge in [-0.3, -0.25) is 0 Å². The zero-order valence-corrected chi connectivity index (χ0v) is 12.5. The van der Waals surface area contributed by atoms with Gasteiger partial charge in [0, 0.05) is 11.4 Å². The SMILES string of the molecule is CC(C)CCS(=O)(=O)NCC1CCCC1Br. The van der Waals surface area contributed by atoms with Crippen molar-refractivity contribution in [1.82, 2.24) is 4.72 Å². The van der Waals surface area contributed by atoms with Gasteiger partial charge in [-0.25, -0.2) is 13.1 Å². The molecule has 0 saturated heterocycles. The number of hydrogen-bond acceptors (Lipinski definition) is 2. The smallest absolute Gasteiger partial charge is 0.211 e. The molecule has 0 heterocycles. The predicted octanol–water partition coefficient (Wildman–Crippen LogP) is 2.52. The first kappa shape index (κ1) is 14.5. The molecule has 16 heavy (non-hydrogen) atoms. The van der Waals surface area contributed by atoms with Crippen LogP contribution in [0.2, 0.25) is 0 Å². The highest BCUT2D eigenvalue weighted by molar-refractivity contribution is 9.09. The first-order chi connectivity index (χ1) is 7.41. The summed E-state index contributed by atoms with van der Waals surface area (Å²) < 4.78 is 26.1. The molecule has 1 aliphatic carbocycles. The molecule has 0 aliphatic heterocycles. The van der Waals surface area contributed by atoms with Gasteiger partial charge >= 0.3 is 0 Å². The molecule has 0 aromatic rings. The highest BCUT2D eigenvalue weighted by atomic mass is 79.9. The molecule has 2 unspecified atom stereocenters. The first-order valence-electron chi connectivity index (χ1n) is 6.02. The standard InChI is InChI=1S/C11H22BrNO2S/c1-9(2)6-7-16(14,15)13-8-10-4-3-5-11(10)12/h9-11,13H,3-8H2,1-2H3. The van der Waals surface area contributed by atoms with Crippen molar-refractivity contribution in [2.24, 2.45) is 11.8 Å². The third-order valence-corrected chi connectivity index (χ3v) is 5.68. The Morgan fingerprint density at radius 1 is 1.38 bits per heavy atom. The van der Waals surface area contributed by atoms with Crippen LogP contribution < -0.4 is 4.72 Å². The van der Waals surface area contributed by atoms with Crippen molar-refractivity contribution in [2.45, 2.75) is 44.4 Å². The summed E-state index contributed by atoms with van der Waals surface area (Å²) in [6.45, 7) is 4.68. The molecule has 0 amide bonds. The minimum Gasteiger partial charge on any atom is -0.215 e. The van der Waals surface area contributed by atoms with E-state index in [4.69, 9.17) is 0 Å². The lowest BCUT2D eigenvalue weighted by atomic mass is 10.1. The van der Waals surface area contributed by atoms with Crippen LogP contribution in [0, 0.1) is 11.8 Å². The largest absolute Gasteiger partial charge is 0.215 e. The van der Waals surface area contributed by atoms with Gasteiger partial charge in [-0.1, -0.05) is 36.2 Å². The Labute approximate surface area is 108 Å². The number of halogens is 1. The molecule has 96 valence electrons. The molecule has 3 nitrogen and oxygen atoms in total. The molecule has 1 N–H and O–H groups in total. The Morgan fingerprint density at radius 2 is 2.06 bits per heavy atom. The van der Waals surface area contributed by atoms with Gasteiger partial charge in [0.15, 0.2) is 0 Å². The van der Waals surface area contributed by atoms with Gasteiger partial charge in [0.25, 0.3) is 0 Å². The van der Waals surface area contributed by atoms with Gasteiger partial charge in [-0.2, -0.15) is 0 Å². The van der Waals surface area contributed by atoms with Gasteiger partial charge in [0.05, 0.1) is 5.75 Å². The van der Waals surface area contributed by atoms with Crippen LogP contribution in [0.4, 0.5) is 0 Å². The van der Waals surface area contributed by atoms with E-state index in [0.29, 0.717) is 23.2 Å². The second kappa shape index (κ2) is 6.36. The maximum atomic E-state index is 11.7. The van der Waals surface area contributed by atoms with Gasteiger partial charge in [0.2, 0.25) is 10.0 Å². The molecular formula is C11H22BrNO2S. The predicted molar refractivity (Wildman–Crippen MR) is 71.3 cm³/mol. The quantitative estimate of drug-likeness (QED) is 0.766. The molecule has 0 spiro atoms. The highest BCUT2D eigenvalue weighted by Gasteiger charge is 2.25.